The molecular formula is C20H27NO4. The van der Waals surface area contributed by atoms with E-state index in [2.05, 4.69) is 4.90 Å². The Hall–Kier alpha value is -1.72. The summed E-state index contributed by atoms with van der Waals surface area (Å²) in [6.45, 7) is 6.12. The van der Waals surface area contributed by atoms with Crippen molar-refractivity contribution in [3.63, 3.8) is 0 Å². The predicted molar refractivity (Wildman–Crippen MR) is 95.1 cm³/mol. The molecule has 0 saturated carbocycles. The van der Waals surface area contributed by atoms with E-state index >= 15 is 0 Å². The van der Waals surface area contributed by atoms with Gasteiger partial charge in [-0.3, -0.25) is 9.69 Å². The second-order valence-corrected chi connectivity index (χ2v) is 6.96. The highest BCUT2D eigenvalue weighted by atomic mass is 16.5. The molecule has 0 aliphatic carbocycles. The molecule has 2 heterocycles. The molecule has 0 bridgehead atoms. The first-order valence-electron chi connectivity index (χ1n) is 9.24. The molecule has 25 heavy (non-hydrogen) atoms. The number of carbonyl (C=O) groups is 2. The van der Waals surface area contributed by atoms with Crippen LogP contribution in [0.2, 0.25) is 0 Å². The van der Waals surface area contributed by atoms with E-state index in [1.165, 1.54) is 0 Å². The van der Waals surface area contributed by atoms with Gasteiger partial charge in [0.2, 0.25) is 0 Å². The van der Waals surface area contributed by atoms with Crippen LogP contribution < -0.4 is 4.74 Å². The molecule has 5 nitrogen and oxygen atoms in total. The number of Topliss-reactive ketones (excluding diaryl/α,β-unsaturated/α-hetero) is 2. The Labute approximate surface area is 149 Å². The molecule has 136 valence electrons. The first kappa shape index (κ1) is 18.1. The fourth-order valence-electron chi connectivity index (χ4n) is 3.66. The van der Waals surface area contributed by atoms with Gasteiger partial charge in [-0.2, -0.15) is 0 Å². The Balaban J connectivity index is 1.63. The summed E-state index contributed by atoms with van der Waals surface area (Å²) in [5.74, 6) is 0.713. The second kappa shape index (κ2) is 8.59. The lowest BCUT2D eigenvalue weighted by Gasteiger charge is -2.33. The van der Waals surface area contributed by atoms with E-state index in [0.29, 0.717) is 24.2 Å². The van der Waals surface area contributed by atoms with Crippen LogP contribution in [0.15, 0.2) is 24.3 Å². The lowest BCUT2D eigenvalue weighted by molar-refractivity contribution is -0.117. The van der Waals surface area contributed by atoms with Gasteiger partial charge < -0.3 is 14.3 Å². The average Bonchev–Trinajstić information content (AvgIpc) is 2.62. The number of morpholine rings is 1. The molecule has 2 aliphatic rings. The summed E-state index contributed by atoms with van der Waals surface area (Å²) in [5.41, 5.74) is 0.653. The second-order valence-electron chi connectivity index (χ2n) is 6.96. The molecule has 3 rings (SSSR count). The molecule has 0 aromatic heterocycles. The van der Waals surface area contributed by atoms with Crippen LogP contribution in [-0.2, 0) is 9.53 Å². The Morgan fingerprint density at radius 2 is 1.96 bits per heavy atom. The Kier molecular flexibility index (Phi) is 6.21. The molecule has 2 atom stereocenters. The molecule has 5 heteroatoms. The van der Waals surface area contributed by atoms with Crippen molar-refractivity contribution < 1.29 is 19.1 Å². The van der Waals surface area contributed by atoms with E-state index in [9.17, 15) is 9.59 Å². The number of carbonyl (C=O) groups excluding carboxylic acids is 2. The smallest absolute Gasteiger partial charge is 0.173 e. The van der Waals surface area contributed by atoms with Crippen molar-refractivity contribution in [2.75, 3.05) is 32.8 Å². The van der Waals surface area contributed by atoms with Gasteiger partial charge in [-0.15, -0.1) is 0 Å². The highest BCUT2D eigenvalue weighted by Gasteiger charge is 2.36. The van der Waals surface area contributed by atoms with Crippen LogP contribution in [0.5, 0.6) is 5.75 Å². The summed E-state index contributed by atoms with van der Waals surface area (Å²) < 4.78 is 11.5. The normalized spacial score (nSPS) is 23.8. The maximum absolute atomic E-state index is 12.9. The summed E-state index contributed by atoms with van der Waals surface area (Å²) in [7, 11) is 0. The number of ketones is 2. The lowest BCUT2D eigenvalue weighted by atomic mass is 9.83. The van der Waals surface area contributed by atoms with Crippen molar-refractivity contribution in [1.29, 1.82) is 0 Å². The van der Waals surface area contributed by atoms with Crippen LogP contribution in [-0.4, -0.2) is 55.4 Å². The van der Waals surface area contributed by atoms with Gasteiger partial charge in [-0.05, 0) is 44.9 Å². The van der Waals surface area contributed by atoms with Crippen LogP contribution in [0.1, 0.15) is 43.0 Å². The van der Waals surface area contributed by atoms with Gasteiger partial charge in [-0.25, -0.2) is 0 Å². The monoisotopic (exact) mass is 345 g/mol. The summed E-state index contributed by atoms with van der Waals surface area (Å²) in [4.78, 5) is 26.7. The standard InChI is InChI=1S/C20H27NO4/c1-15(22)8-9-17-19(7-4-10-21-11-13-24-14-12-21)25-18-6-3-2-5-16(18)20(17)23/h2-3,5-6,17,19H,4,7-14H2,1H3. The molecule has 2 unspecified atom stereocenters. The average molecular weight is 345 g/mol. The third kappa shape index (κ3) is 4.67. The summed E-state index contributed by atoms with van der Waals surface area (Å²) >= 11 is 0. The van der Waals surface area contributed by atoms with Gasteiger partial charge >= 0.3 is 0 Å². The van der Waals surface area contributed by atoms with Crippen molar-refractivity contribution in [2.45, 2.75) is 38.7 Å². The van der Waals surface area contributed by atoms with Crippen molar-refractivity contribution in [3.05, 3.63) is 29.8 Å². The number of rotatable bonds is 7. The highest BCUT2D eigenvalue weighted by Crippen LogP contribution is 2.34. The number of para-hydroxylation sites is 1. The predicted octanol–water partition coefficient (Wildman–Crippen LogP) is 2.73. The minimum absolute atomic E-state index is 0.124. The van der Waals surface area contributed by atoms with E-state index in [4.69, 9.17) is 9.47 Å². The van der Waals surface area contributed by atoms with Gasteiger partial charge in [0.1, 0.15) is 17.6 Å². The molecule has 2 aliphatic heterocycles. The number of hydrogen-bond donors (Lipinski definition) is 0. The summed E-state index contributed by atoms with van der Waals surface area (Å²) in [6, 6.07) is 7.44. The zero-order chi connectivity index (χ0) is 17.6. The molecule has 1 aromatic carbocycles. The van der Waals surface area contributed by atoms with Gasteiger partial charge in [0.25, 0.3) is 0 Å². The Morgan fingerprint density at radius 1 is 1.20 bits per heavy atom. The van der Waals surface area contributed by atoms with E-state index in [0.717, 1.165) is 45.7 Å². The largest absolute Gasteiger partial charge is 0.489 e. The van der Waals surface area contributed by atoms with Crippen LogP contribution in [0.25, 0.3) is 0 Å². The number of fused-ring (bicyclic) bond motifs is 1. The zero-order valence-corrected chi connectivity index (χ0v) is 14.9. The van der Waals surface area contributed by atoms with Crippen LogP contribution in [0, 0.1) is 5.92 Å². The van der Waals surface area contributed by atoms with Crippen LogP contribution >= 0.6 is 0 Å². The van der Waals surface area contributed by atoms with Crippen LogP contribution in [0.3, 0.4) is 0 Å². The third-order valence-corrected chi connectivity index (χ3v) is 5.09. The van der Waals surface area contributed by atoms with E-state index in [1.807, 2.05) is 24.3 Å². The number of hydrogen-bond acceptors (Lipinski definition) is 5. The lowest BCUT2D eigenvalue weighted by Crippen LogP contribution is -2.40. The van der Waals surface area contributed by atoms with Gasteiger partial charge in [0.05, 0.1) is 24.7 Å². The molecule has 0 radical (unpaired) electrons. The van der Waals surface area contributed by atoms with Gasteiger partial charge in [0.15, 0.2) is 5.78 Å². The minimum atomic E-state index is -0.219. The SMILES string of the molecule is CC(=O)CCC1C(=O)c2ccccc2OC1CCCN1CCOCC1. The zero-order valence-electron chi connectivity index (χ0n) is 14.9. The molecular weight excluding hydrogens is 318 g/mol. The highest BCUT2D eigenvalue weighted by molar-refractivity contribution is 6.01. The first-order valence-corrected chi connectivity index (χ1v) is 9.24. The van der Waals surface area contributed by atoms with Crippen LogP contribution in [0.4, 0.5) is 0 Å². The molecule has 0 N–H and O–H groups in total. The summed E-state index contributed by atoms with van der Waals surface area (Å²) in [5, 5.41) is 0. The van der Waals surface area contributed by atoms with Crippen molar-refractivity contribution >= 4 is 11.6 Å². The fourth-order valence-corrected chi connectivity index (χ4v) is 3.66. The first-order chi connectivity index (χ1) is 12.1. The summed E-state index contributed by atoms with van der Waals surface area (Å²) in [6.07, 6.45) is 2.69. The maximum Gasteiger partial charge on any atom is 0.173 e. The fraction of sp³-hybridized carbons (Fsp3) is 0.600. The van der Waals surface area contributed by atoms with Crippen molar-refractivity contribution in [2.24, 2.45) is 5.92 Å². The van der Waals surface area contributed by atoms with Crippen molar-refractivity contribution in [1.82, 2.24) is 4.90 Å². The minimum Gasteiger partial charge on any atom is -0.489 e. The number of nitrogens with zero attached hydrogens (tertiary/aromatic N) is 1. The number of benzene rings is 1. The Bertz CT molecular complexity index is 609. The maximum atomic E-state index is 12.9. The molecule has 1 saturated heterocycles. The number of ether oxygens (including phenoxy) is 2. The molecule has 1 fully saturated rings. The van der Waals surface area contributed by atoms with Gasteiger partial charge in [0, 0.05) is 19.5 Å². The van der Waals surface area contributed by atoms with E-state index < -0.39 is 0 Å². The van der Waals surface area contributed by atoms with E-state index in [1.54, 1.807) is 6.92 Å². The third-order valence-electron chi connectivity index (χ3n) is 5.09. The van der Waals surface area contributed by atoms with Gasteiger partial charge in [-0.1, -0.05) is 12.1 Å². The quantitative estimate of drug-likeness (QED) is 0.760. The molecule has 0 amide bonds. The van der Waals surface area contributed by atoms with Crippen molar-refractivity contribution in [3.8, 4) is 5.75 Å². The molecule has 1 aromatic rings. The Morgan fingerprint density at radius 3 is 2.72 bits per heavy atom. The van der Waals surface area contributed by atoms with E-state index in [-0.39, 0.29) is 23.6 Å². The topological polar surface area (TPSA) is 55.8 Å². The molecule has 0 spiro atoms.